The SMILES string of the molecule is [NH3+]Cc1cc(F)cc2c1OCOC2. The maximum atomic E-state index is 13.0. The van der Waals surface area contributed by atoms with Crippen LogP contribution in [0.4, 0.5) is 4.39 Å². The largest absolute Gasteiger partial charge is 0.467 e. The van der Waals surface area contributed by atoms with Gasteiger partial charge in [0.1, 0.15) is 18.1 Å². The molecule has 3 N–H and O–H groups in total. The minimum atomic E-state index is -0.258. The molecule has 0 aliphatic carbocycles. The highest BCUT2D eigenvalue weighted by atomic mass is 19.1. The molecule has 0 fully saturated rings. The zero-order valence-electron chi connectivity index (χ0n) is 7.18. The Labute approximate surface area is 75.3 Å². The van der Waals surface area contributed by atoms with Crippen LogP contribution in [0.5, 0.6) is 5.75 Å². The van der Waals surface area contributed by atoms with Crippen molar-refractivity contribution in [1.29, 1.82) is 0 Å². The number of benzene rings is 1. The molecule has 2 rings (SSSR count). The Balaban J connectivity index is 2.50. The van der Waals surface area contributed by atoms with Crippen molar-refractivity contribution in [3.8, 4) is 5.75 Å². The van der Waals surface area contributed by atoms with Crippen LogP contribution in [0.3, 0.4) is 0 Å². The maximum absolute atomic E-state index is 13.0. The van der Waals surface area contributed by atoms with Crippen molar-refractivity contribution in [2.45, 2.75) is 13.2 Å². The fourth-order valence-corrected chi connectivity index (χ4v) is 1.44. The maximum Gasteiger partial charge on any atom is 0.189 e. The molecule has 1 aromatic carbocycles. The zero-order valence-corrected chi connectivity index (χ0v) is 7.18. The van der Waals surface area contributed by atoms with E-state index in [-0.39, 0.29) is 12.6 Å². The summed E-state index contributed by atoms with van der Waals surface area (Å²) in [7, 11) is 0. The molecule has 0 atom stereocenters. The van der Waals surface area contributed by atoms with Gasteiger partial charge in [-0.05, 0) is 12.1 Å². The van der Waals surface area contributed by atoms with Gasteiger partial charge < -0.3 is 15.2 Å². The summed E-state index contributed by atoms with van der Waals surface area (Å²) in [6.07, 6.45) is 0. The van der Waals surface area contributed by atoms with E-state index in [4.69, 9.17) is 9.47 Å². The second-order valence-corrected chi connectivity index (χ2v) is 2.91. The van der Waals surface area contributed by atoms with Crippen LogP contribution in [0.1, 0.15) is 11.1 Å². The predicted octanol–water partition coefficient (Wildman–Crippen LogP) is 0.434. The zero-order chi connectivity index (χ0) is 9.26. The van der Waals surface area contributed by atoms with Crippen LogP contribution in [0.15, 0.2) is 12.1 Å². The van der Waals surface area contributed by atoms with Crippen LogP contribution in [-0.2, 0) is 17.9 Å². The Bertz CT molecular complexity index is 310. The Morgan fingerprint density at radius 1 is 1.46 bits per heavy atom. The van der Waals surface area contributed by atoms with E-state index < -0.39 is 0 Å². The number of ether oxygens (including phenoxy) is 2. The highest BCUT2D eigenvalue weighted by Gasteiger charge is 2.16. The molecule has 0 bridgehead atoms. The lowest BCUT2D eigenvalue weighted by Gasteiger charge is -2.19. The monoisotopic (exact) mass is 184 g/mol. The molecular weight excluding hydrogens is 173 g/mol. The van der Waals surface area contributed by atoms with Gasteiger partial charge in [-0.15, -0.1) is 0 Å². The van der Waals surface area contributed by atoms with Gasteiger partial charge >= 0.3 is 0 Å². The molecule has 1 aliphatic rings. The third-order valence-corrected chi connectivity index (χ3v) is 2.02. The fraction of sp³-hybridized carbons (Fsp3) is 0.333. The molecule has 1 aromatic rings. The quantitative estimate of drug-likeness (QED) is 0.688. The van der Waals surface area contributed by atoms with Crippen LogP contribution in [0, 0.1) is 5.82 Å². The summed E-state index contributed by atoms with van der Waals surface area (Å²) in [6, 6.07) is 2.89. The van der Waals surface area contributed by atoms with Crippen LogP contribution in [0.25, 0.3) is 0 Å². The van der Waals surface area contributed by atoms with Gasteiger partial charge in [0.15, 0.2) is 6.79 Å². The molecule has 0 unspecified atom stereocenters. The van der Waals surface area contributed by atoms with Gasteiger partial charge in [-0.25, -0.2) is 4.39 Å². The molecule has 0 radical (unpaired) electrons. The highest BCUT2D eigenvalue weighted by molar-refractivity contribution is 5.41. The van der Waals surface area contributed by atoms with Gasteiger partial charge in [-0.2, -0.15) is 0 Å². The molecule has 1 aliphatic heterocycles. The summed E-state index contributed by atoms with van der Waals surface area (Å²) in [6.45, 7) is 1.19. The number of rotatable bonds is 1. The lowest BCUT2D eigenvalue weighted by Crippen LogP contribution is -2.47. The summed E-state index contributed by atoms with van der Waals surface area (Å²) >= 11 is 0. The highest BCUT2D eigenvalue weighted by Crippen LogP contribution is 2.28. The first-order valence-corrected chi connectivity index (χ1v) is 4.12. The third-order valence-electron chi connectivity index (χ3n) is 2.02. The van der Waals surface area contributed by atoms with Crippen molar-refractivity contribution in [2.75, 3.05) is 6.79 Å². The summed E-state index contributed by atoms with van der Waals surface area (Å²) in [5.74, 6) is 0.481. The van der Waals surface area contributed by atoms with E-state index in [1.165, 1.54) is 12.1 Å². The molecule has 0 spiro atoms. The first kappa shape index (κ1) is 8.47. The molecule has 4 heteroatoms. The van der Waals surface area contributed by atoms with Gasteiger partial charge in [0.25, 0.3) is 0 Å². The van der Waals surface area contributed by atoms with Gasteiger partial charge in [0, 0.05) is 5.56 Å². The molecule has 3 nitrogen and oxygen atoms in total. The van der Waals surface area contributed by atoms with Crippen molar-refractivity contribution >= 4 is 0 Å². The molecule has 1 heterocycles. The average molecular weight is 184 g/mol. The number of hydrogen-bond acceptors (Lipinski definition) is 2. The molecule has 0 amide bonds. The Kier molecular flexibility index (Phi) is 2.16. The molecular formula is C9H11FNO2+. The minimum absolute atomic E-state index is 0.242. The van der Waals surface area contributed by atoms with E-state index in [0.29, 0.717) is 13.2 Å². The molecule has 0 saturated carbocycles. The van der Waals surface area contributed by atoms with E-state index in [0.717, 1.165) is 16.9 Å². The van der Waals surface area contributed by atoms with Gasteiger partial charge in [0.05, 0.1) is 12.2 Å². The van der Waals surface area contributed by atoms with Crippen LogP contribution < -0.4 is 10.5 Å². The topological polar surface area (TPSA) is 46.1 Å². The number of halogens is 1. The Morgan fingerprint density at radius 3 is 3.08 bits per heavy atom. The predicted molar refractivity (Wildman–Crippen MR) is 43.3 cm³/mol. The summed E-state index contributed by atoms with van der Waals surface area (Å²) < 4.78 is 23.3. The lowest BCUT2D eigenvalue weighted by atomic mass is 10.1. The number of fused-ring (bicyclic) bond motifs is 1. The lowest BCUT2D eigenvalue weighted by molar-refractivity contribution is -0.386. The van der Waals surface area contributed by atoms with E-state index in [1.807, 2.05) is 0 Å². The van der Waals surface area contributed by atoms with E-state index in [2.05, 4.69) is 5.73 Å². The minimum Gasteiger partial charge on any atom is -0.467 e. The first-order valence-electron chi connectivity index (χ1n) is 4.12. The van der Waals surface area contributed by atoms with Crippen molar-refractivity contribution in [1.82, 2.24) is 0 Å². The molecule has 70 valence electrons. The Hall–Kier alpha value is -1.13. The van der Waals surface area contributed by atoms with Crippen molar-refractivity contribution < 1.29 is 19.6 Å². The van der Waals surface area contributed by atoms with Gasteiger partial charge in [-0.1, -0.05) is 0 Å². The van der Waals surface area contributed by atoms with Crippen molar-refractivity contribution in [3.63, 3.8) is 0 Å². The molecule has 0 saturated heterocycles. The standard InChI is InChI=1S/C9H10FNO2/c10-8-1-6(3-11)9-7(2-8)4-12-5-13-9/h1-2H,3-5,11H2/p+1. The van der Waals surface area contributed by atoms with Gasteiger partial charge in [0.2, 0.25) is 0 Å². The fourth-order valence-electron chi connectivity index (χ4n) is 1.44. The number of quaternary nitrogens is 1. The summed E-state index contributed by atoms with van der Waals surface area (Å²) in [5.41, 5.74) is 5.29. The molecule has 0 aromatic heterocycles. The summed E-state index contributed by atoms with van der Waals surface area (Å²) in [5, 5.41) is 0. The molecule has 13 heavy (non-hydrogen) atoms. The van der Waals surface area contributed by atoms with Crippen molar-refractivity contribution in [2.24, 2.45) is 0 Å². The van der Waals surface area contributed by atoms with E-state index >= 15 is 0 Å². The Morgan fingerprint density at radius 2 is 2.31 bits per heavy atom. The normalized spacial score (nSPS) is 14.9. The van der Waals surface area contributed by atoms with Crippen LogP contribution >= 0.6 is 0 Å². The average Bonchev–Trinajstić information content (AvgIpc) is 2.16. The van der Waals surface area contributed by atoms with Crippen LogP contribution in [-0.4, -0.2) is 6.79 Å². The van der Waals surface area contributed by atoms with Gasteiger partial charge in [-0.3, -0.25) is 0 Å². The second kappa shape index (κ2) is 3.32. The summed E-state index contributed by atoms with van der Waals surface area (Å²) in [4.78, 5) is 0. The third kappa shape index (κ3) is 1.50. The smallest absolute Gasteiger partial charge is 0.189 e. The number of hydrogen-bond donors (Lipinski definition) is 1. The van der Waals surface area contributed by atoms with E-state index in [1.54, 1.807) is 0 Å². The first-order chi connectivity index (χ1) is 6.31. The van der Waals surface area contributed by atoms with Crippen molar-refractivity contribution in [3.05, 3.63) is 29.1 Å². The second-order valence-electron chi connectivity index (χ2n) is 2.91. The van der Waals surface area contributed by atoms with E-state index in [9.17, 15) is 4.39 Å². The van der Waals surface area contributed by atoms with Crippen LogP contribution in [0.2, 0.25) is 0 Å².